The minimum absolute atomic E-state index is 0.0966. The third-order valence-corrected chi connectivity index (χ3v) is 5.45. The van der Waals surface area contributed by atoms with Crippen molar-refractivity contribution in [3.8, 4) is 0 Å². The van der Waals surface area contributed by atoms with Gasteiger partial charge in [-0.15, -0.1) is 11.8 Å². The molecule has 2 fully saturated rings. The second-order valence-electron chi connectivity index (χ2n) is 6.08. The predicted octanol–water partition coefficient (Wildman–Crippen LogP) is 3.80. The first-order chi connectivity index (χ1) is 10.3. The fourth-order valence-electron chi connectivity index (χ4n) is 2.72. The maximum atomic E-state index is 11.8. The Bertz CT molecular complexity index is 464. The molecule has 1 aromatic carbocycles. The molecule has 3 rings (SSSR count). The van der Waals surface area contributed by atoms with Gasteiger partial charge in [-0.25, -0.2) is 0 Å². The summed E-state index contributed by atoms with van der Waals surface area (Å²) in [5, 5.41) is 7.12. The van der Waals surface area contributed by atoms with Gasteiger partial charge in [0.25, 0.3) is 0 Å². The van der Waals surface area contributed by atoms with E-state index in [-0.39, 0.29) is 5.91 Å². The summed E-state index contributed by atoms with van der Waals surface area (Å²) in [7, 11) is 0. The van der Waals surface area contributed by atoms with E-state index in [0.717, 1.165) is 17.5 Å². The minimum Gasteiger partial charge on any atom is -0.326 e. The van der Waals surface area contributed by atoms with Crippen LogP contribution in [0.4, 0.5) is 5.69 Å². The molecule has 0 heterocycles. The molecule has 2 aliphatic rings. The number of carbonyl (C=O) groups excluding carboxylic acids is 1. The van der Waals surface area contributed by atoms with Crippen LogP contribution >= 0.6 is 11.8 Å². The van der Waals surface area contributed by atoms with Crippen molar-refractivity contribution in [2.75, 3.05) is 11.9 Å². The van der Waals surface area contributed by atoms with Crippen molar-refractivity contribution >= 4 is 23.4 Å². The van der Waals surface area contributed by atoms with E-state index in [1.165, 1.54) is 43.4 Å². The highest BCUT2D eigenvalue weighted by molar-refractivity contribution is 8.00. The predicted molar refractivity (Wildman–Crippen MR) is 88.8 cm³/mol. The molecule has 2 aliphatic carbocycles. The Morgan fingerprint density at radius 2 is 1.81 bits per heavy atom. The summed E-state index contributed by atoms with van der Waals surface area (Å²) >= 11 is 1.98. The minimum atomic E-state index is 0.0966. The second kappa shape index (κ2) is 7.32. The Kier molecular flexibility index (Phi) is 5.20. The van der Waals surface area contributed by atoms with Gasteiger partial charge in [0.1, 0.15) is 0 Å². The molecular weight excluding hydrogens is 280 g/mol. The van der Waals surface area contributed by atoms with Gasteiger partial charge in [-0.2, -0.15) is 0 Å². The van der Waals surface area contributed by atoms with E-state index in [1.807, 2.05) is 23.9 Å². The number of thioether (sulfide) groups is 1. The Morgan fingerprint density at radius 1 is 1.10 bits per heavy atom. The molecule has 0 unspecified atom stereocenters. The highest BCUT2D eigenvalue weighted by Gasteiger charge is 2.20. The fourth-order valence-corrected chi connectivity index (χ4v) is 3.96. The van der Waals surface area contributed by atoms with Gasteiger partial charge in [-0.1, -0.05) is 12.8 Å². The normalized spacial score (nSPS) is 18.9. The van der Waals surface area contributed by atoms with Crippen molar-refractivity contribution in [3.05, 3.63) is 24.3 Å². The van der Waals surface area contributed by atoms with Gasteiger partial charge in [0.05, 0.1) is 0 Å². The Hall–Kier alpha value is -1.00. The van der Waals surface area contributed by atoms with Gasteiger partial charge in [-0.3, -0.25) is 4.79 Å². The molecule has 0 radical (unpaired) electrons. The van der Waals surface area contributed by atoms with E-state index < -0.39 is 0 Å². The van der Waals surface area contributed by atoms with Crippen molar-refractivity contribution in [2.45, 2.75) is 61.1 Å². The van der Waals surface area contributed by atoms with Crippen LogP contribution in [0.5, 0.6) is 0 Å². The summed E-state index contributed by atoms with van der Waals surface area (Å²) in [6, 6.07) is 8.96. The first kappa shape index (κ1) is 14.9. The fraction of sp³-hybridized carbons (Fsp3) is 0.588. The zero-order valence-electron chi connectivity index (χ0n) is 12.4. The highest BCUT2D eigenvalue weighted by Crippen LogP contribution is 2.34. The number of amides is 1. The van der Waals surface area contributed by atoms with Crippen LogP contribution in [0.3, 0.4) is 0 Å². The molecule has 2 N–H and O–H groups in total. The molecule has 1 aromatic rings. The molecule has 0 bridgehead atoms. The molecule has 1 amide bonds. The summed E-state index contributed by atoms with van der Waals surface area (Å²) in [5.74, 6) is 0.0966. The number of hydrogen-bond acceptors (Lipinski definition) is 3. The standard InChI is InChI=1S/C17H24N2OS/c20-17(11-12-18-13-5-6-13)19-14-7-9-16(10-8-14)21-15-3-1-2-4-15/h7-10,13,15,18H,1-6,11-12H2,(H,19,20). The van der Waals surface area contributed by atoms with Crippen molar-refractivity contribution in [1.82, 2.24) is 5.32 Å². The average Bonchev–Trinajstić information content (AvgIpc) is 3.16. The molecule has 4 heteroatoms. The number of nitrogens with one attached hydrogen (secondary N) is 2. The number of anilines is 1. The largest absolute Gasteiger partial charge is 0.326 e. The third kappa shape index (κ3) is 5.04. The van der Waals surface area contributed by atoms with Gasteiger partial charge < -0.3 is 10.6 Å². The van der Waals surface area contributed by atoms with Crippen LogP contribution in [0.15, 0.2) is 29.2 Å². The van der Waals surface area contributed by atoms with Crippen LogP contribution in [-0.2, 0) is 4.79 Å². The van der Waals surface area contributed by atoms with E-state index >= 15 is 0 Å². The average molecular weight is 304 g/mol. The van der Waals surface area contributed by atoms with E-state index in [2.05, 4.69) is 22.8 Å². The summed E-state index contributed by atoms with van der Waals surface area (Å²) in [5.41, 5.74) is 0.905. The van der Waals surface area contributed by atoms with Crippen molar-refractivity contribution in [1.29, 1.82) is 0 Å². The van der Waals surface area contributed by atoms with Gasteiger partial charge in [-0.05, 0) is 49.9 Å². The highest BCUT2D eigenvalue weighted by atomic mass is 32.2. The molecule has 0 saturated heterocycles. The van der Waals surface area contributed by atoms with Crippen molar-refractivity contribution < 1.29 is 4.79 Å². The molecule has 0 atom stereocenters. The maximum Gasteiger partial charge on any atom is 0.225 e. The molecule has 0 aliphatic heterocycles. The SMILES string of the molecule is O=C(CCNC1CC1)Nc1ccc(SC2CCCC2)cc1. The van der Waals surface area contributed by atoms with Gasteiger partial charge in [0.2, 0.25) is 5.91 Å². The molecule has 114 valence electrons. The zero-order valence-corrected chi connectivity index (χ0v) is 13.3. The summed E-state index contributed by atoms with van der Waals surface area (Å²) in [6.07, 6.45) is 8.52. The van der Waals surface area contributed by atoms with Gasteiger partial charge >= 0.3 is 0 Å². The molecule has 0 spiro atoms. The Labute approximate surface area is 131 Å². The van der Waals surface area contributed by atoms with Crippen molar-refractivity contribution in [3.63, 3.8) is 0 Å². The maximum absolute atomic E-state index is 11.8. The third-order valence-electron chi connectivity index (χ3n) is 4.11. The van der Waals surface area contributed by atoms with Crippen molar-refractivity contribution in [2.24, 2.45) is 0 Å². The molecular formula is C17H24N2OS. The van der Waals surface area contributed by atoms with Crippen LogP contribution in [0.25, 0.3) is 0 Å². The molecule has 3 nitrogen and oxygen atoms in total. The molecule has 2 saturated carbocycles. The zero-order chi connectivity index (χ0) is 14.5. The number of benzene rings is 1. The molecule has 0 aromatic heterocycles. The summed E-state index contributed by atoms with van der Waals surface area (Å²) in [6.45, 7) is 0.784. The van der Waals surface area contributed by atoms with Crippen LogP contribution in [0.2, 0.25) is 0 Å². The van der Waals surface area contributed by atoms with E-state index in [1.54, 1.807) is 0 Å². The summed E-state index contributed by atoms with van der Waals surface area (Å²) in [4.78, 5) is 13.1. The van der Waals surface area contributed by atoms with Crippen LogP contribution < -0.4 is 10.6 Å². The number of carbonyl (C=O) groups is 1. The lowest BCUT2D eigenvalue weighted by atomic mass is 10.3. The Balaban J connectivity index is 1.41. The number of hydrogen-bond donors (Lipinski definition) is 2. The molecule has 21 heavy (non-hydrogen) atoms. The number of rotatable bonds is 7. The smallest absolute Gasteiger partial charge is 0.225 e. The quantitative estimate of drug-likeness (QED) is 0.805. The van der Waals surface area contributed by atoms with Crippen LogP contribution in [-0.4, -0.2) is 23.7 Å². The van der Waals surface area contributed by atoms with Crippen LogP contribution in [0, 0.1) is 0 Å². The van der Waals surface area contributed by atoms with E-state index in [9.17, 15) is 4.79 Å². The lowest BCUT2D eigenvalue weighted by molar-refractivity contribution is -0.116. The Morgan fingerprint density at radius 3 is 2.48 bits per heavy atom. The van der Waals surface area contributed by atoms with Gasteiger partial charge in [0, 0.05) is 34.8 Å². The lowest BCUT2D eigenvalue weighted by Crippen LogP contribution is -2.23. The monoisotopic (exact) mass is 304 g/mol. The second-order valence-corrected chi connectivity index (χ2v) is 7.45. The van der Waals surface area contributed by atoms with E-state index in [4.69, 9.17) is 0 Å². The summed E-state index contributed by atoms with van der Waals surface area (Å²) < 4.78 is 0. The van der Waals surface area contributed by atoms with Gasteiger partial charge in [0.15, 0.2) is 0 Å². The topological polar surface area (TPSA) is 41.1 Å². The first-order valence-electron chi connectivity index (χ1n) is 8.09. The first-order valence-corrected chi connectivity index (χ1v) is 8.97. The van der Waals surface area contributed by atoms with E-state index in [0.29, 0.717) is 12.5 Å². The van der Waals surface area contributed by atoms with Crippen LogP contribution in [0.1, 0.15) is 44.9 Å². The lowest BCUT2D eigenvalue weighted by Gasteiger charge is -2.10.